The second kappa shape index (κ2) is 6.46. The summed E-state index contributed by atoms with van der Waals surface area (Å²) in [5.41, 5.74) is 2.83. The van der Waals surface area contributed by atoms with Gasteiger partial charge in [0, 0.05) is 17.8 Å². The molecule has 0 amide bonds. The molecule has 2 aromatic heterocycles. The first-order chi connectivity index (χ1) is 11.1. The molecule has 0 fully saturated rings. The molecule has 0 saturated heterocycles. The fourth-order valence-electron chi connectivity index (χ4n) is 2.87. The molecule has 0 radical (unpaired) electrons. The Morgan fingerprint density at radius 3 is 2.52 bits per heavy atom. The lowest BCUT2D eigenvalue weighted by molar-refractivity contribution is 0.483. The molecule has 0 aliphatic rings. The predicted octanol–water partition coefficient (Wildman–Crippen LogP) is 5.91. The van der Waals surface area contributed by atoms with Crippen molar-refractivity contribution in [3.05, 3.63) is 46.6 Å². The topological polar surface area (TPSA) is 30.7 Å². The number of nitrogens with zero attached hydrogens (tertiary/aromatic N) is 3. The molecule has 3 rings (SSSR count). The van der Waals surface area contributed by atoms with Gasteiger partial charge in [0.15, 0.2) is 5.65 Å². The molecule has 0 N–H and O–H groups in total. The molecule has 0 unspecified atom stereocenters. The van der Waals surface area contributed by atoms with Crippen LogP contribution in [0, 0.1) is 5.82 Å². The van der Waals surface area contributed by atoms with Crippen LogP contribution in [0.2, 0.25) is 10.0 Å². The lowest BCUT2D eigenvalue weighted by atomic mass is 10.0. The number of halogens is 3. The zero-order chi connectivity index (χ0) is 16.6. The number of pyridine rings is 1. The Balaban J connectivity index is 2.32. The van der Waals surface area contributed by atoms with Crippen LogP contribution < -0.4 is 0 Å². The maximum atomic E-state index is 13.9. The summed E-state index contributed by atoms with van der Waals surface area (Å²) in [6, 6.07) is 4.98. The number of fused-ring (bicyclic) bond motifs is 1. The van der Waals surface area contributed by atoms with E-state index in [1.54, 1.807) is 18.6 Å². The molecule has 6 heteroatoms. The zero-order valence-corrected chi connectivity index (χ0v) is 14.4. The first-order valence-corrected chi connectivity index (χ1v) is 8.28. The Morgan fingerprint density at radius 1 is 1.13 bits per heavy atom. The number of imidazole rings is 1. The van der Waals surface area contributed by atoms with Crippen molar-refractivity contribution in [3.8, 4) is 11.1 Å². The Kier molecular flexibility index (Phi) is 4.55. The highest BCUT2D eigenvalue weighted by Gasteiger charge is 2.19. The highest BCUT2D eigenvalue weighted by Crippen LogP contribution is 2.37. The van der Waals surface area contributed by atoms with Crippen molar-refractivity contribution in [3.63, 3.8) is 0 Å². The summed E-state index contributed by atoms with van der Waals surface area (Å²) in [6.45, 7) is 4.25. The Morgan fingerprint density at radius 2 is 1.87 bits per heavy atom. The monoisotopic (exact) mass is 351 g/mol. The Labute approximate surface area is 144 Å². The smallest absolute Gasteiger partial charge is 0.178 e. The summed E-state index contributed by atoms with van der Waals surface area (Å²) in [4.78, 5) is 8.67. The second-order valence-electron chi connectivity index (χ2n) is 5.40. The molecule has 2 heterocycles. The zero-order valence-electron chi connectivity index (χ0n) is 12.9. The van der Waals surface area contributed by atoms with Crippen LogP contribution in [-0.4, -0.2) is 14.5 Å². The first kappa shape index (κ1) is 16.2. The summed E-state index contributed by atoms with van der Waals surface area (Å²) < 4.78 is 16.0. The van der Waals surface area contributed by atoms with Crippen LogP contribution in [0.3, 0.4) is 0 Å². The molecule has 120 valence electrons. The normalized spacial score (nSPS) is 11.6. The quantitative estimate of drug-likeness (QED) is 0.585. The van der Waals surface area contributed by atoms with E-state index >= 15 is 0 Å². The minimum absolute atomic E-state index is 0.0867. The van der Waals surface area contributed by atoms with Crippen molar-refractivity contribution in [2.75, 3.05) is 0 Å². The highest BCUT2D eigenvalue weighted by molar-refractivity contribution is 6.34. The van der Waals surface area contributed by atoms with E-state index in [9.17, 15) is 4.39 Å². The second-order valence-corrected chi connectivity index (χ2v) is 6.22. The average molecular weight is 352 g/mol. The molecule has 1 aromatic carbocycles. The van der Waals surface area contributed by atoms with Gasteiger partial charge in [0.25, 0.3) is 0 Å². The molecule has 0 atom stereocenters. The van der Waals surface area contributed by atoms with E-state index in [2.05, 4.69) is 28.4 Å². The lowest BCUT2D eigenvalue weighted by Gasteiger charge is -2.17. The van der Waals surface area contributed by atoms with Gasteiger partial charge in [-0.15, -0.1) is 0 Å². The largest absolute Gasteiger partial charge is 0.326 e. The van der Waals surface area contributed by atoms with Gasteiger partial charge in [-0.05, 0) is 30.5 Å². The van der Waals surface area contributed by atoms with Crippen LogP contribution in [0.1, 0.15) is 32.7 Å². The third kappa shape index (κ3) is 2.81. The summed E-state index contributed by atoms with van der Waals surface area (Å²) in [5, 5.41) is 0.551. The number of hydrogen-bond acceptors (Lipinski definition) is 2. The van der Waals surface area contributed by atoms with Crippen LogP contribution in [-0.2, 0) is 0 Å². The van der Waals surface area contributed by atoms with Crippen LogP contribution in [0.15, 0.2) is 30.7 Å². The third-order valence-electron chi connectivity index (χ3n) is 4.09. The fraction of sp³-hybridized carbons (Fsp3) is 0.294. The van der Waals surface area contributed by atoms with Gasteiger partial charge in [0.2, 0.25) is 0 Å². The van der Waals surface area contributed by atoms with Gasteiger partial charge in [-0.3, -0.25) is 0 Å². The van der Waals surface area contributed by atoms with Crippen LogP contribution in [0.5, 0.6) is 0 Å². The summed E-state index contributed by atoms with van der Waals surface area (Å²) in [5.74, 6) is -0.473. The minimum Gasteiger partial charge on any atom is -0.326 e. The highest BCUT2D eigenvalue weighted by atomic mass is 35.5. The predicted molar refractivity (Wildman–Crippen MR) is 92.6 cm³/mol. The maximum absolute atomic E-state index is 13.9. The molecule has 0 aliphatic heterocycles. The van der Waals surface area contributed by atoms with Crippen molar-refractivity contribution >= 4 is 34.4 Å². The van der Waals surface area contributed by atoms with Gasteiger partial charge in [0.1, 0.15) is 5.82 Å². The van der Waals surface area contributed by atoms with E-state index in [4.69, 9.17) is 23.2 Å². The number of rotatable bonds is 4. The standard InChI is InChI=1S/C17H16Cl2FN3/c1-3-11(4-2)23-9-22-17-16(23)15(13(19)8-21-17)10-5-6-12(18)14(20)7-10/h5-9,11H,3-4H2,1-2H3. The molecule has 3 aromatic rings. The molecular formula is C17H16Cl2FN3. The Bertz CT molecular complexity index is 856. The van der Waals surface area contributed by atoms with Crippen molar-refractivity contribution in [2.45, 2.75) is 32.7 Å². The van der Waals surface area contributed by atoms with Crippen LogP contribution in [0.25, 0.3) is 22.3 Å². The van der Waals surface area contributed by atoms with E-state index in [-0.39, 0.29) is 11.1 Å². The molecule has 0 saturated carbocycles. The van der Waals surface area contributed by atoms with Crippen molar-refractivity contribution in [2.24, 2.45) is 0 Å². The van der Waals surface area contributed by atoms with Gasteiger partial charge >= 0.3 is 0 Å². The number of aromatic nitrogens is 3. The molecule has 23 heavy (non-hydrogen) atoms. The molecule has 0 aliphatic carbocycles. The van der Waals surface area contributed by atoms with Gasteiger partial charge in [-0.2, -0.15) is 0 Å². The fourth-order valence-corrected chi connectivity index (χ4v) is 3.23. The molecular weight excluding hydrogens is 336 g/mol. The summed E-state index contributed by atoms with van der Waals surface area (Å²) in [6.07, 6.45) is 5.25. The molecule has 0 bridgehead atoms. The van der Waals surface area contributed by atoms with E-state index in [0.29, 0.717) is 16.2 Å². The SMILES string of the molecule is CCC(CC)n1cnc2ncc(Cl)c(-c3ccc(Cl)c(F)c3)c21. The van der Waals surface area contributed by atoms with Gasteiger partial charge in [-0.25, -0.2) is 14.4 Å². The maximum Gasteiger partial charge on any atom is 0.178 e. The summed E-state index contributed by atoms with van der Waals surface area (Å²) >= 11 is 12.2. The van der Waals surface area contributed by atoms with Gasteiger partial charge in [0.05, 0.1) is 21.9 Å². The van der Waals surface area contributed by atoms with E-state index < -0.39 is 5.82 Å². The van der Waals surface area contributed by atoms with Gasteiger partial charge in [-0.1, -0.05) is 43.1 Å². The Hall–Kier alpha value is -1.65. The minimum atomic E-state index is -0.473. The third-order valence-corrected chi connectivity index (χ3v) is 4.69. The van der Waals surface area contributed by atoms with E-state index in [1.807, 2.05) is 0 Å². The van der Waals surface area contributed by atoms with Crippen molar-refractivity contribution in [1.82, 2.24) is 14.5 Å². The first-order valence-electron chi connectivity index (χ1n) is 7.53. The van der Waals surface area contributed by atoms with E-state index in [0.717, 1.165) is 23.9 Å². The van der Waals surface area contributed by atoms with E-state index in [1.165, 1.54) is 12.1 Å². The molecule has 3 nitrogen and oxygen atoms in total. The van der Waals surface area contributed by atoms with Crippen LogP contribution >= 0.6 is 23.2 Å². The van der Waals surface area contributed by atoms with Crippen molar-refractivity contribution < 1.29 is 4.39 Å². The number of hydrogen-bond donors (Lipinski definition) is 0. The van der Waals surface area contributed by atoms with Gasteiger partial charge < -0.3 is 4.57 Å². The molecule has 0 spiro atoms. The summed E-state index contributed by atoms with van der Waals surface area (Å²) in [7, 11) is 0. The lowest BCUT2D eigenvalue weighted by Crippen LogP contribution is -2.06. The van der Waals surface area contributed by atoms with Crippen molar-refractivity contribution in [1.29, 1.82) is 0 Å². The average Bonchev–Trinajstić information content (AvgIpc) is 2.96. The van der Waals surface area contributed by atoms with Crippen LogP contribution in [0.4, 0.5) is 4.39 Å². The number of benzene rings is 1.